The minimum Gasteiger partial charge on any atom is -0.497 e. The summed E-state index contributed by atoms with van der Waals surface area (Å²) in [5, 5.41) is 2.83. The standard InChI is InChI=1S/C26H26N4O4S/c1-17-7-8-21(15-25(17)35(32,33)29-20-9-11-23(34-4)12-10-20)28-26(31)24-14-18(2)30(19(24)3)22-6-5-13-27-16-22/h5-16,29H,1-4H3,(H,28,31). The second kappa shape index (κ2) is 9.63. The van der Waals surface area contributed by atoms with Gasteiger partial charge in [0, 0.05) is 29.0 Å². The van der Waals surface area contributed by atoms with Gasteiger partial charge in [0.25, 0.3) is 15.9 Å². The first-order chi connectivity index (χ1) is 16.7. The van der Waals surface area contributed by atoms with Gasteiger partial charge in [0.2, 0.25) is 0 Å². The summed E-state index contributed by atoms with van der Waals surface area (Å²) in [6.45, 7) is 5.48. The highest BCUT2D eigenvalue weighted by Crippen LogP contribution is 2.26. The Bertz CT molecular complexity index is 1480. The van der Waals surface area contributed by atoms with Crippen LogP contribution in [0.3, 0.4) is 0 Å². The van der Waals surface area contributed by atoms with E-state index in [9.17, 15) is 13.2 Å². The average molecular weight is 491 g/mol. The molecule has 2 N–H and O–H groups in total. The third-order valence-electron chi connectivity index (χ3n) is 5.66. The van der Waals surface area contributed by atoms with Crippen LogP contribution in [0.2, 0.25) is 0 Å². The number of amides is 1. The van der Waals surface area contributed by atoms with Crippen LogP contribution in [0.15, 0.2) is 78.0 Å². The van der Waals surface area contributed by atoms with E-state index < -0.39 is 10.0 Å². The molecular formula is C26H26N4O4S. The van der Waals surface area contributed by atoms with Gasteiger partial charge in [-0.1, -0.05) is 6.07 Å². The molecule has 2 aromatic heterocycles. The van der Waals surface area contributed by atoms with E-state index in [1.807, 2.05) is 30.5 Å². The van der Waals surface area contributed by atoms with Crippen molar-refractivity contribution >= 4 is 27.3 Å². The topological polar surface area (TPSA) is 102 Å². The molecule has 0 radical (unpaired) electrons. The summed E-state index contributed by atoms with van der Waals surface area (Å²) in [5.74, 6) is 0.292. The van der Waals surface area contributed by atoms with Gasteiger partial charge in [0.15, 0.2) is 0 Å². The first kappa shape index (κ1) is 24.0. The predicted octanol–water partition coefficient (Wildman–Crippen LogP) is 4.86. The van der Waals surface area contributed by atoms with Crippen molar-refractivity contribution in [2.24, 2.45) is 0 Å². The molecule has 0 aliphatic heterocycles. The van der Waals surface area contributed by atoms with Crippen LogP contribution in [-0.2, 0) is 10.0 Å². The van der Waals surface area contributed by atoms with Crippen molar-refractivity contribution in [2.75, 3.05) is 17.1 Å². The number of anilines is 2. The lowest BCUT2D eigenvalue weighted by atomic mass is 10.2. The molecule has 2 heterocycles. The fourth-order valence-electron chi connectivity index (χ4n) is 3.91. The number of sulfonamides is 1. The van der Waals surface area contributed by atoms with Gasteiger partial charge in [-0.25, -0.2) is 8.42 Å². The zero-order valence-corrected chi connectivity index (χ0v) is 20.7. The smallest absolute Gasteiger partial charge is 0.262 e. The van der Waals surface area contributed by atoms with E-state index in [1.54, 1.807) is 68.9 Å². The van der Waals surface area contributed by atoms with Crippen molar-refractivity contribution in [3.05, 3.63) is 95.6 Å². The monoisotopic (exact) mass is 490 g/mol. The Morgan fingerprint density at radius 1 is 0.971 bits per heavy atom. The number of benzene rings is 2. The van der Waals surface area contributed by atoms with Crippen LogP contribution in [0.1, 0.15) is 27.3 Å². The minimum atomic E-state index is -3.89. The molecule has 1 amide bonds. The lowest BCUT2D eigenvalue weighted by Crippen LogP contribution is -2.16. The zero-order valence-electron chi connectivity index (χ0n) is 19.9. The molecule has 9 heteroatoms. The van der Waals surface area contributed by atoms with E-state index in [0.717, 1.165) is 17.1 Å². The largest absolute Gasteiger partial charge is 0.497 e. The number of aromatic nitrogens is 2. The summed E-state index contributed by atoms with van der Waals surface area (Å²) in [4.78, 5) is 17.3. The van der Waals surface area contributed by atoms with Gasteiger partial charge in [-0.05, 0) is 80.9 Å². The third kappa shape index (κ3) is 5.04. The molecule has 4 rings (SSSR count). The number of ether oxygens (including phenoxy) is 1. The summed E-state index contributed by atoms with van der Waals surface area (Å²) in [6.07, 6.45) is 3.42. The van der Waals surface area contributed by atoms with Crippen LogP contribution < -0.4 is 14.8 Å². The Morgan fingerprint density at radius 2 is 1.69 bits per heavy atom. The Hall–Kier alpha value is -4.11. The maximum absolute atomic E-state index is 13.1. The Balaban J connectivity index is 1.59. The number of carbonyl (C=O) groups is 1. The second-order valence-electron chi connectivity index (χ2n) is 8.10. The van der Waals surface area contributed by atoms with Crippen LogP contribution in [0.4, 0.5) is 11.4 Å². The molecule has 2 aromatic carbocycles. The van der Waals surface area contributed by atoms with Crippen molar-refractivity contribution in [1.29, 1.82) is 0 Å². The molecule has 0 atom stereocenters. The number of methoxy groups -OCH3 is 1. The molecule has 180 valence electrons. The lowest BCUT2D eigenvalue weighted by molar-refractivity contribution is 0.102. The average Bonchev–Trinajstić information content (AvgIpc) is 3.14. The molecule has 8 nitrogen and oxygen atoms in total. The molecule has 0 fully saturated rings. The Labute approximate surface area is 204 Å². The molecule has 0 spiro atoms. The van der Waals surface area contributed by atoms with Crippen molar-refractivity contribution in [3.63, 3.8) is 0 Å². The van der Waals surface area contributed by atoms with Crippen LogP contribution in [0.5, 0.6) is 5.75 Å². The quantitative estimate of drug-likeness (QED) is 0.385. The Morgan fingerprint density at radius 3 is 2.34 bits per heavy atom. The maximum Gasteiger partial charge on any atom is 0.262 e. The minimum absolute atomic E-state index is 0.0759. The van der Waals surface area contributed by atoms with Gasteiger partial charge in [-0.2, -0.15) is 0 Å². The van der Waals surface area contributed by atoms with Crippen molar-refractivity contribution in [3.8, 4) is 11.4 Å². The maximum atomic E-state index is 13.1. The van der Waals surface area contributed by atoms with Crippen LogP contribution in [0.25, 0.3) is 5.69 Å². The zero-order chi connectivity index (χ0) is 25.2. The van der Waals surface area contributed by atoms with E-state index in [0.29, 0.717) is 28.3 Å². The van der Waals surface area contributed by atoms with Crippen molar-refractivity contribution < 1.29 is 17.9 Å². The van der Waals surface area contributed by atoms with Crippen LogP contribution in [-0.4, -0.2) is 31.0 Å². The fraction of sp³-hybridized carbons (Fsp3) is 0.154. The molecule has 35 heavy (non-hydrogen) atoms. The normalized spacial score (nSPS) is 11.2. The van der Waals surface area contributed by atoms with E-state index in [4.69, 9.17) is 4.74 Å². The van der Waals surface area contributed by atoms with Crippen molar-refractivity contribution in [1.82, 2.24) is 9.55 Å². The number of nitrogens with zero attached hydrogens (tertiary/aromatic N) is 2. The molecular weight excluding hydrogens is 464 g/mol. The summed E-state index contributed by atoms with van der Waals surface area (Å²) in [5.41, 5.74) is 4.33. The number of hydrogen-bond donors (Lipinski definition) is 2. The third-order valence-corrected chi connectivity index (χ3v) is 7.18. The van der Waals surface area contributed by atoms with Gasteiger partial charge >= 0.3 is 0 Å². The summed E-state index contributed by atoms with van der Waals surface area (Å²) < 4.78 is 35.8. The second-order valence-corrected chi connectivity index (χ2v) is 9.75. The van der Waals surface area contributed by atoms with E-state index >= 15 is 0 Å². The van der Waals surface area contributed by atoms with Gasteiger partial charge in [0.1, 0.15) is 5.75 Å². The molecule has 0 aliphatic carbocycles. The summed E-state index contributed by atoms with van der Waals surface area (Å²) in [6, 6.07) is 16.9. The first-order valence-corrected chi connectivity index (χ1v) is 12.4. The molecule has 4 aromatic rings. The molecule has 0 bridgehead atoms. The van der Waals surface area contributed by atoms with E-state index in [-0.39, 0.29) is 10.8 Å². The number of hydrogen-bond acceptors (Lipinski definition) is 5. The number of carbonyl (C=O) groups excluding carboxylic acids is 1. The Kier molecular flexibility index (Phi) is 6.61. The highest BCUT2D eigenvalue weighted by molar-refractivity contribution is 7.92. The number of rotatable bonds is 7. The highest BCUT2D eigenvalue weighted by atomic mass is 32.2. The molecule has 0 saturated heterocycles. The summed E-state index contributed by atoms with van der Waals surface area (Å²) >= 11 is 0. The van der Waals surface area contributed by atoms with Gasteiger partial charge < -0.3 is 14.6 Å². The number of aryl methyl sites for hydroxylation is 2. The predicted molar refractivity (Wildman–Crippen MR) is 136 cm³/mol. The number of pyridine rings is 1. The van der Waals surface area contributed by atoms with E-state index in [1.165, 1.54) is 6.07 Å². The SMILES string of the molecule is COc1ccc(NS(=O)(=O)c2cc(NC(=O)c3cc(C)n(-c4cccnc4)c3C)ccc2C)cc1. The van der Waals surface area contributed by atoms with Crippen LogP contribution in [0, 0.1) is 20.8 Å². The van der Waals surface area contributed by atoms with Crippen molar-refractivity contribution in [2.45, 2.75) is 25.7 Å². The van der Waals surface area contributed by atoms with Crippen LogP contribution >= 0.6 is 0 Å². The lowest BCUT2D eigenvalue weighted by Gasteiger charge is -2.13. The molecule has 0 unspecified atom stereocenters. The van der Waals surface area contributed by atoms with E-state index in [2.05, 4.69) is 15.0 Å². The molecule has 0 aliphatic rings. The number of nitrogens with one attached hydrogen (secondary N) is 2. The van der Waals surface area contributed by atoms with Gasteiger partial charge in [-0.15, -0.1) is 0 Å². The van der Waals surface area contributed by atoms with Gasteiger partial charge in [-0.3, -0.25) is 14.5 Å². The fourth-order valence-corrected chi connectivity index (χ4v) is 5.24. The van der Waals surface area contributed by atoms with Gasteiger partial charge in [0.05, 0.1) is 29.5 Å². The molecule has 0 saturated carbocycles. The first-order valence-electron chi connectivity index (χ1n) is 10.9. The highest BCUT2D eigenvalue weighted by Gasteiger charge is 2.20. The summed E-state index contributed by atoms with van der Waals surface area (Å²) in [7, 11) is -2.35.